The fourth-order valence-corrected chi connectivity index (χ4v) is 3.75. The van der Waals surface area contributed by atoms with Gasteiger partial charge in [-0.25, -0.2) is 0 Å². The van der Waals surface area contributed by atoms with Crippen LogP contribution in [0.4, 0.5) is 0 Å². The maximum absolute atomic E-state index is 2.43. The number of hydrogen-bond acceptors (Lipinski definition) is 0. The van der Waals surface area contributed by atoms with E-state index in [1.807, 2.05) is 0 Å². The molecule has 1 fully saturated rings. The van der Waals surface area contributed by atoms with Crippen LogP contribution in [0.15, 0.2) is 46.6 Å². The smallest absolute Gasteiger partial charge is 0.00670 e. The van der Waals surface area contributed by atoms with E-state index in [0.29, 0.717) is 5.41 Å². The van der Waals surface area contributed by atoms with Crippen LogP contribution in [-0.4, -0.2) is 0 Å². The fourth-order valence-electron chi connectivity index (χ4n) is 3.75. The standard InChI is InChI=1S/C18H26/c1-6-14(7-2)13(3)17-12-15-10-8-9-11-16(15)18(17,4)5/h6,8-10,16H,7,11-12H2,1-5H3. The molecule has 0 saturated heterocycles. The van der Waals surface area contributed by atoms with Crippen molar-refractivity contribution in [3.05, 3.63) is 46.6 Å². The van der Waals surface area contributed by atoms with E-state index in [4.69, 9.17) is 0 Å². The third kappa shape index (κ3) is 2.02. The average Bonchev–Trinajstić information content (AvgIpc) is 2.63. The van der Waals surface area contributed by atoms with Crippen LogP contribution in [-0.2, 0) is 0 Å². The highest BCUT2D eigenvalue weighted by molar-refractivity contribution is 5.45. The van der Waals surface area contributed by atoms with Crippen molar-refractivity contribution in [3.8, 4) is 0 Å². The van der Waals surface area contributed by atoms with E-state index in [1.54, 1.807) is 16.7 Å². The summed E-state index contributed by atoms with van der Waals surface area (Å²) >= 11 is 0. The van der Waals surface area contributed by atoms with Crippen LogP contribution in [0.1, 0.15) is 53.9 Å². The molecular weight excluding hydrogens is 216 g/mol. The van der Waals surface area contributed by atoms with Crippen LogP contribution in [0, 0.1) is 11.3 Å². The van der Waals surface area contributed by atoms with Crippen molar-refractivity contribution >= 4 is 0 Å². The maximum Gasteiger partial charge on any atom is -0.00670 e. The van der Waals surface area contributed by atoms with Gasteiger partial charge in [0.05, 0.1) is 0 Å². The van der Waals surface area contributed by atoms with Gasteiger partial charge in [0, 0.05) is 0 Å². The molecule has 0 spiro atoms. The molecule has 0 radical (unpaired) electrons. The van der Waals surface area contributed by atoms with Crippen molar-refractivity contribution in [3.63, 3.8) is 0 Å². The van der Waals surface area contributed by atoms with E-state index in [9.17, 15) is 0 Å². The SMILES string of the molecule is CC=C(CC)C(C)=C1CC2=CC=CCC2C1(C)C. The van der Waals surface area contributed by atoms with Crippen molar-refractivity contribution in [1.82, 2.24) is 0 Å². The van der Waals surface area contributed by atoms with Gasteiger partial charge < -0.3 is 0 Å². The minimum Gasteiger partial charge on any atom is -0.0842 e. The van der Waals surface area contributed by atoms with Gasteiger partial charge in [-0.15, -0.1) is 0 Å². The quantitative estimate of drug-likeness (QED) is 0.592. The lowest BCUT2D eigenvalue weighted by Crippen LogP contribution is -2.21. The molecular formula is C18H26. The van der Waals surface area contributed by atoms with Gasteiger partial charge in [-0.2, -0.15) is 0 Å². The monoisotopic (exact) mass is 242 g/mol. The topological polar surface area (TPSA) is 0 Å². The molecule has 98 valence electrons. The molecule has 0 bridgehead atoms. The molecule has 2 aliphatic rings. The zero-order valence-corrected chi connectivity index (χ0v) is 12.5. The predicted molar refractivity (Wildman–Crippen MR) is 80.5 cm³/mol. The van der Waals surface area contributed by atoms with Crippen molar-refractivity contribution in [2.24, 2.45) is 11.3 Å². The highest BCUT2D eigenvalue weighted by Crippen LogP contribution is 2.54. The van der Waals surface area contributed by atoms with Gasteiger partial charge in [0.2, 0.25) is 0 Å². The summed E-state index contributed by atoms with van der Waals surface area (Å²) in [5, 5.41) is 0. The van der Waals surface area contributed by atoms with Crippen molar-refractivity contribution in [2.45, 2.75) is 53.9 Å². The zero-order chi connectivity index (χ0) is 13.3. The second kappa shape index (κ2) is 4.91. The number of hydrogen-bond donors (Lipinski definition) is 0. The van der Waals surface area contributed by atoms with Crippen LogP contribution in [0.25, 0.3) is 0 Å². The third-order valence-corrected chi connectivity index (χ3v) is 4.96. The first kappa shape index (κ1) is 13.4. The molecule has 0 aromatic carbocycles. The van der Waals surface area contributed by atoms with Crippen LogP contribution in [0.2, 0.25) is 0 Å². The Morgan fingerprint density at radius 3 is 2.72 bits per heavy atom. The molecule has 2 aliphatic carbocycles. The molecule has 1 atom stereocenters. The lowest BCUT2D eigenvalue weighted by atomic mass is 9.73. The molecule has 0 N–H and O–H groups in total. The Bertz CT molecular complexity index is 452. The van der Waals surface area contributed by atoms with E-state index in [2.05, 4.69) is 58.9 Å². The van der Waals surface area contributed by atoms with E-state index in [0.717, 1.165) is 12.3 Å². The Morgan fingerprint density at radius 1 is 1.44 bits per heavy atom. The van der Waals surface area contributed by atoms with Gasteiger partial charge in [0.15, 0.2) is 0 Å². The summed E-state index contributed by atoms with van der Waals surface area (Å²) in [7, 11) is 0. The first-order valence-corrected chi connectivity index (χ1v) is 7.23. The highest BCUT2D eigenvalue weighted by Gasteiger charge is 2.42. The average molecular weight is 242 g/mol. The minimum atomic E-state index is 0.324. The number of fused-ring (bicyclic) bond motifs is 1. The molecule has 0 aromatic heterocycles. The van der Waals surface area contributed by atoms with Crippen LogP contribution in [0.3, 0.4) is 0 Å². The molecule has 1 unspecified atom stereocenters. The molecule has 18 heavy (non-hydrogen) atoms. The van der Waals surface area contributed by atoms with E-state index in [1.165, 1.54) is 18.4 Å². The normalized spacial score (nSPS) is 29.1. The van der Waals surface area contributed by atoms with Crippen molar-refractivity contribution in [2.75, 3.05) is 0 Å². The minimum absolute atomic E-state index is 0.324. The summed E-state index contributed by atoms with van der Waals surface area (Å²) in [5.74, 6) is 0.724. The lowest BCUT2D eigenvalue weighted by molar-refractivity contribution is 0.341. The summed E-state index contributed by atoms with van der Waals surface area (Å²) in [6.45, 7) is 11.6. The predicted octanol–water partition coefficient (Wildman–Crippen LogP) is 5.59. The zero-order valence-electron chi connectivity index (χ0n) is 12.5. The van der Waals surface area contributed by atoms with Crippen LogP contribution >= 0.6 is 0 Å². The Morgan fingerprint density at radius 2 is 2.17 bits per heavy atom. The molecule has 0 aromatic rings. The van der Waals surface area contributed by atoms with Gasteiger partial charge in [0.25, 0.3) is 0 Å². The molecule has 2 rings (SSSR count). The third-order valence-electron chi connectivity index (χ3n) is 4.96. The van der Waals surface area contributed by atoms with E-state index in [-0.39, 0.29) is 0 Å². The van der Waals surface area contributed by atoms with E-state index < -0.39 is 0 Å². The summed E-state index contributed by atoms with van der Waals surface area (Å²) in [6.07, 6.45) is 12.7. The Kier molecular flexibility index (Phi) is 3.66. The maximum atomic E-state index is 2.43. The largest absolute Gasteiger partial charge is 0.0842 e. The van der Waals surface area contributed by atoms with Gasteiger partial charge >= 0.3 is 0 Å². The van der Waals surface area contributed by atoms with Crippen LogP contribution in [0.5, 0.6) is 0 Å². The molecule has 1 saturated carbocycles. The molecule has 0 amide bonds. The molecule has 0 aliphatic heterocycles. The van der Waals surface area contributed by atoms with Gasteiger partial charge in [-0.1, -0.05) is 56.2 Å². The Labute approximate surface area is 112 Å². The lowest BCUT2D eigenvalue weighted by Gasteiger charge is -2.31. The molecule has 0 heteroatoms. The number of allylic oxidation sites excluding steroid dienone is 8. The van der Waals surface area contributed by atoms with Crippen LogP contribution < -0.4 is 0 Å². The number of rotatable bonds is 2. The van der Waals surface area contributed by atoms with Gasteiger partial charge in [-0.3, -0.25) is 0 Å². The summed E-state index contributed by atoms with van der Waals surface area (Å²) in [4.78, 5) is 0. The summed E-state index contributed by atoms with van der Waals surface area (Å²) in [5.41, 5.74) is 6.69. The molecule has 0 heterocycles. The van der Waals surface area contributed by atoms with E-state index >= 15 is 0 Å². The van der Waals surface area contributed by atoms with Gasteiger partial charge in [0.1, 0.15) is 0 Å². The second-order valence-corrected chi connectivity index (χ2v) is 6.13. The van der Waals surface area contributed by atoms with Gasteiger partial charge in [-0.05, 0) is 55.6 Å². The molecule has 0 nitrogen and oxygen atoms in total. The highest BCUT2D eigenvalue weighted by atomic mass is 14.5. The Hall–Kier alpha value is -1.04. The first-order valence-electron chi connectivity index (χ1n) is 7.23. The van der Waals surface area contributed by atoms with Crippen molar-refractivity contribution in [1.29, 1.82) is 0 Å². The summed E-state index contributed by atoms with van der Waals surface area (Å²) < 4.78 is 0. The second-order valence-electron chi connectivity index (χ2n) is 6.13. The first-order chi connectivity index (χ1) is 8.52. The fraction of sp³-hybridized carbons (Fsp3) is 0.556. The summed E-state index contributed by atoms with van der Waals surface area (Å²) in [6, 6.07) is 0. The Balaban J connectivity index is 2.45. The van der Waals surface area contributed by atoms with Crippen molar-refractivity contribution < 1.29 is 0 Å².